The smallest absolute Gasteiger partial charge is 0.317 e. The highest BCUT2D eigenvalue weighted by atomic mass is 32.1. The maximum absolute atomic E-state index is 9.99. The molecule has 1 heterocycles. The molecule has 0 aliphatic heterocycles. The number of hydrogen-bond donors (Lipinski definition) is 1. The monoisotopic (exact) mass is 173 g/mol. The van der Waals surface area contributed by atoms with Crippen LogP contribution in [0.1, 0.15) is 4.88 Å². The Hall–Kier alpha value is -0.940. The van der Waals surface area contributed by atoms with E-state index in [-0.39, 0.29) is 6.42 Å². The summed E-state index contributed by atoms with van der Waals surface area (Å²) in [6.45, 7) is 0. The molecule has 0 saturated heterocycles. The maximum atomic E-state index is 9.99. The standard InChI is InChI=1S/C6H7NO3S/c8-6(7(9)10)4-5-2-1-3-11-5/h1-3,6,8H,4H2. The number of nitrogens with zero attached hydrogens (tertiary/aromatic N) is 1. The van der Waals surface area contributed by atoms with Gasteiger partial charge in [0.1, 0.15) is 0 Å². The van der Waals surface area contributed by atoms with Gasteiger partial charge in [0.05, 0.1) is 11.3 Å². The zero-order chi connectivity index (χ0) is 8.27. The van der Waals surface area contributed by atoms with Crippen LogP contribution < -0.4 is 0 Å². The average Bonchev–Trinajstić information content (AvgIpc) is 2.39. The van der Waals surface area contributed by atoms with Crippen molar-refractivity contribution in [1.29, 1.82) is 0 Å². The first-order valence-corrected chi connectivity index (χ1v) is 3.92. The Morgan fingerprint density at radius 2 is 2.55 bits per heavy atom. The van der Waals surface area contributed by atoms with Crippen molar-refractivity contribution in [2.45, 2.75) is 12.6 Å². The summed E-state index contributed by atoms with van der Waals surface area (Å²) in [6.07, 6.45) is -1.36. The summed E-state index contributed by atoms with van der Waals surface area (Å²) in [5.74, 6) is 0. The molecule has 0 radical (unpaired) electrons. The van der Waals surface area contributed by atoms with Crippen molar-refractivity contribution in [3.05, 3.63) is 32.5 Å². The molecule has 1 N–H and O–H groups in total. The lowest BCUT2D eigenvalue weighted by Crippen LogP contribution is -2.20. The minimum atomic E-state index is -1.46. The van der Waals surface area contributed by atoms with Crippen LogP contribution in [0.15, 0.2) is 17.5 Å². The highest BCUT2D eigenvalue weighted by molar-refractivity contribution is 7.09. The summed E-state index contributed by atoms with van der Waals surface area (Å²) in [5.41, 5.74) is 0. The van der Waals surface area contributed by atoms with Crippen LogP contribution in [0.2, 0.25) is 0 Å². The van der Waals surface area contributed by atoms with Gasteiger partial charge in [-0.3, -0.25) is 10.1 Å². The highest BCUT2D eigenvalue weighted by Crippen LogP contribution is 2.10. The SMILES string of the molecule is O=[N+]([O-])C(O)Cc1cccs1. The molecule has 0 saturated carbocycles. The minimum absolute atomic E-state index is 0.102. The predicted molar refractivity (Wildman–Crippen MR) is 41.0 cm³/mol. The second-order valence-electron chi connectivity index (χ2n) is 2.05. The van der Waals surface area contributed by atoms with Crippen molar-refractivity contribution < 1.29 is 10.0 Å². The van der Waals surface area contributed by atoms with Crippen LogP contribution in [-0.4, -0.2) is 16.3 Å². The van der Waals surface area contributed by atoms with E-state index in [1.54, 1.807) is 12.1 Å². The summed E-state index contributed by atoms with van der Waals surface area (Å²) < 4.78 is 0. The molecule has 0 aliphatic carbocycles. The highest BCUT2D eigenvalue weighted by Gasteiger charge is 2.15. The quantitative estimate of drug-likeness (QED) is 0.419. The molecule has 0 bridgehead atoms. The molecule has 0 spiro atoms. The van der Waals surface area contributed by atoms with Gasteiger partial charge >= 0.3 is 6.23 Å². The molecule has 0 fully saturated rings. The van der Waals surface area contributed by atoms with Crippen LogP contribution in [0.25, 0.3) is 0 Å². The van der Waals surface area contributed by atoms with Gasteiger partial charge < -0.3 is 5.11 Å². The lowest BCUT2D eigenvalue weighted by Gasteiger charge is -1.98. The number of rotatable bonds is 3. The van der Waals surface area contributed by atoms with Crippen molar-refractivity contribution in [2.75, 3.05) is 0 Å². The minimum Gasteiger partial charge on any atom is -0.333 e. The van der Waals surface area contributed by atoms with E-state index in [2.05, 4.69) is 0 Å². The zero-order valence-corrected chi connectivity index (χ0v) is 6.45. The molecule has 1 atom stereocenters. The van der Waals surface area contributed by atoms with Crippen LogP contribution in [0.5, 0.6) is 0 Å². The van der Waals surface area contributed by atoms with Crippen molar-refractivity contribution in [3.63, 3.8) is 0 Å². The Kier molecular flexibility index (Phi) is 2.56. The average molecular weight is 173 g/mol. The van der Waals surface area contributed by atoms with Gasteiger partial charge in [0, 0.05) is 4.88 Å². The van der Waals surface area contributed by atoms with Crippen molar-refractivity contribution in [3.8, 4) is 0 Å². The molecule has 1 rings (SSSR count). The molecule has 0 aromatic carbocycles. The van der Waals surface area contributed by atoms with Crippen LogP contribution in [-0.2, 0) is 6.42 Å². The molecule has 1 aromatic heterocycles. The number of hydrogen-bond acceptors (Lipinski definition) is 4. The van der Waals surface area contributed by atoms with E-state index in [0.29, 0.717) is 0 Å². The van der Waals surface area contributed by atoms with Crippen LogP contribution in [0.4, 0.5) is 0 Å². The third kappa shape index (κ3) is 2.28. The fraction of sp³-hybridized carbons (Fsp3) is 0.333. The van der Waals surface area contributed by atoms with Gasteiger partial charge in [-0.25, -0.2) is 0 Å². The normalized spacial score (nSPS) is 12.8. The molecule has 60 valence electrons. The third-order valence-corrected chi connectivity index (χ3v) is 2.11. The number of aliphatic hydroxyl groups is 1. The summed E-state index contributed by atoms with van der Waals surface area (Å²) in [5, 5.41) is 20.6. The van der Waals surface area contributed by atoms with Crippen LogP contribution in [0.3, 0.4) is 0 Å². The van der Waals surface area contributed by atoms with Gasteiger partial charge in [-0.1, -0.05) is 6.07 Å². The molecule has 1 unspecified atom stereocenters. The first-order chi connectivity index (χ1) is 5.20. The number of thiophene rings is 1. The van der Waals surface area contributed by atoms with E-state index < -0.39 is 11.2 Å². The summed E-state index contributed by atoms with van der Waals surface area (Å²) >= 11 is 1.40. The largest absolute Gasteiger partial charge is 0.333 e. The van der Waals surface area contributed by atoms with Gasteiger partial charge in [-0.15, -0.1) is 11.3 Å². The molecular formula is C6H7NO3S. The second kappa shape index (κ2) is 3.45. The lowest BCUT2D eigenvalue weighted by atomic mass is 10.3. The Morgan fingerprint density at radius 3 is 3.00 bits per heavy atom. The number of nitro groups is 1. The van der Waals surface area contributed by atoms with E-state index in [1.807, 2.05) is 5.38 Å². The van der Waals surface area contributed by atoms with Gasteiger partial charge in [-0.05, 0) is 11.4 Å². The van der Waals surface area contributed by atoms with Crippen molar-refractivity contribution in [1.82, 2.24) is 0 Å². The molecule has 0 aliphatic rings. The lowest BCUT2D eigenvalue weighted by molar-refractivity contribution is -0.569. The summed E-state index contributed by atoms with van der Waals surface area (Å²) in [4.78, 5) is 10.1. The van der Waals surface area contributed by atoms with Crippen molar-refractivity contribution in [2.24, 2.45) is 0 Å². The van der Waals surface area contributed by atoms with Gasteiger partial charge in [-0.2, -0.15) is 0 Å². The van der Waals surface area contributed by atoms with E-state index in [9.17, 15) is 10.1 Å². The number of aliphatic hydroxyl groups excluding tert-OH is 1. The van der Waals surface area contributed by atoms with Gasteiger partial charge in [0.15, 0.2) is 0 Å². The predicted octanol–water partition coefficient (Wildman–Crippen LogP) is 0.886. The zero-order valence-electron chi connectivity index (χ0n) is 5.64. The first-order valence-electron chi connectivity index (χ1n) is 3.04. The molecule has 1 aromatic rings. The first kappa shape index (κ1) is 8.16. The maximum Gasteiger partial charge on any atom is 0.317 e. The van der Waals surface area contributed by atoms with E-state index in [4.69, 9.17) is 5.11 Å². The molecule has 4 nitrogen and oxygen atoms in total. The van der Waals surface area contributed by atoms with E-state index in [0.717, 1.165) is 4.88 Å². The van der Waals surface area contributed by atoms with E-state index in [1.165, 1.54) is 11.3 Å². The Morgan fingerprint density at radius 1 is 1.82 bits per heavy atom. The van der Waals surface area contributed by atoms with E-state index >= 15 is 0 Å². The summed E-state index contributed by atoms with van der Waals surface area (Å²) in [6, 6.07) is 3.56. The molecule has 0 amide bonds. The Balaban J connectivity index is 2.50. The fourth-order valence-corrected chi connectivity index (χ4v) is 1.42. The summed E-state index contributed by atoms with van der Waals surface area (Å²) in [7, 11) is 0. The Bertz CT molecular complexity index is 234. The van der Waals surface area contributed by atoms with Crippen molar-refractivity contribution >= 4 is 11.3 Å². The van der Waals surface area contributed by atoms with Gasteiger partial charge in [0.2, 0.25) is 0 Å². The topological polar surface area (TPSA) is 63.4 Å². The second-order valence-corrected chi connectivity index (χ2v) is 3.08. The fourth-order valence-electron chi connectivity index (χ4n) is 0.683. The van der Waals surface area contributed by atoms with Crippen LogP contribution >= 0.6 is 11.3 Å². The molecular weight excluding hydrogens is 166 g/mol. The Labute approximate surface area is 67.2 Å². The van der Waals surface area contributed by atoms with Crippen LogP contribution in [0, 0.1) is 10.1 Å². The third-order valence-electron chi connectivity index (χ3n) is 1.21. The van der Waals surface area contributed by atoms with Gasteiger partial charge in [0.25, 0.3) is 0 Å². The molecule has 11 heavy (non-hydrogen) atoms. The molecule has 5 heteroatoms.